The summed E-state index contributed by atoms with van der Waals surface area (Å²) in [5.74, 6) is -3.14. The molecule has 0 radical (unpaired) electrons. The molecule has 0 aromatic heterocycles. The zero-order chi connectivity index (χ0) is 15.0. The minimum Gasteiger partial charge on any atom is -0.484 e. The summed E-state index contributed by atoms with van der Waals surface area (Å²) in [5, 5.41) is 3.17. The molecule has 3 rings (SSSR count). The highest BCUT2D eigenvalue weighted by molar-refractivity contribution is 5.37. The number of benzene rings is 2. The molecular weight excluding hydrogens is 279 g/mol. The van der Waals surface area contributed by atoms with Gasteiger partial charge in [0.05, 0.1) is 0 Å². The lowest BCUT2D eigenvalue weighted by Crippen LogP contribution is -2.22. The van der Waals surface area contributed by atoms with Gasteiger partial charge in [0.2, 0.25) is 0 Å². The molecule has 1 unspecified atom stereocenters. The van der Waals surface area contributed by atoms with E-state index < -0.39 is 23.6 Å². The van der Waals surface area contributed by atoms with Gasteiger partial charge in [-0.05, 0) is 24.6 Å². The molecule has 2 nitrogen and oxygen atoms in total. The largest absolute Gasteiger partial charge is 0.484 e. The molecule has 1 aliphatic rings. The van der Waals surface area contributed by atoms with Crippen molar-refractivity contribution in [3.05, 3.63) is 64.5 Å². The Bertz CT molecular complexity index is 687. The van der Waals surface area contributed by atoms with Crippen LogP contribution >= 0.6 is 0 Å². The topological polar surface area (TPSA) is 21.3 Å². The molecule has 1 heterocycles. The smallest absolute Gasteiger partial charge is 0.194 e. The quantitative estimate of drug-likeness (QED) is 0.811. The predicted octanol–water partition coefficient (Wildman–Crippen LogP) is 3.64. The SMILES string of the molecule is Cc1c(C2CNCc3ccccc3O2)cc(F)c(F)c1F. The maximum Gasteiger partial charge on any atom is 0.194 e. The lowest BCUT2D eigenvalue weighted by Gasteiger charge is -2.20. The maximum atomic E-state index is 13.7. The van der Waals surface area contributed by atoms with Crippen molar-refractivity contribution < 1.29 is 17.9 Å². The number of fused-ring (bicyclic) bond motifs is 1. The fourth-order valence-electron chi connectivity index (χ4n) is 2.51. The van der Waals surface area contributed by atoms with Crippen molar-refractivity contribution in [1.82, 2.24) is 5.32 Å². The minimum absolute atomic E-state index is 0.0695. The van der Waals surface area contributed by atoms with Gasteiger partial charge in [0.1, 0.15) is 11.9 Å². The second-order valence-electron chi connectivity index (χ2n) is 5.05. The van der Waals surface area contributed by atoms with E-state index in [1.165, 1.54) is 6.92 Å². The fourth-order valence-corrected chi connectivity index (χ4v) is 2.51. The first-order chi connectivity index (χ1) is 10.1. The van der Waals surface area contributed by atoms with Crippen LogP contribution < -0.4 is 10.1 Å². The Morgan fingerprint density at radius 3 is 2.71 bits per heavy atom. The van der Waals surface area contributed by atoms with E-state index in [2.05, 4.69) is 5.32 Å². The van der Waals surface area contributed by atoms with Gasteiger partial charge in [-0.1, -0.05) is 18.2 Å². The van der Waals surface area contributed by atoms with E-state index in [9.17, 15) is 13.2 Å². The Kier molecular flexibility index (Phi) is 3.59. The van der Waals surface area contributed by atoms with Gasteiger partial charge in [-0.15, -0.1) is 0 Å². The molecule has 1 N–H and O–H groups in total. The highest BCUT2D eigenvalue weighted by Crippen LogP contribution is 2.31. The molecule has 0 fully saturated rings. The summed E-state index contributed by atoms with van der Waals surface area (Å²) >= 11 is 0. The molecule has 0 amide bonds. The van der Waals surface area contributed by atoms with Crippen molar-refractivity contribution >= 4 is 0 Å². The van der Waals surface area contributed by atoms with Gasteiger partial charge in [-0.25, -0.2) is 13.2 Å². The van der Waals surface area contributed by atoms with E-state index in [4.69, 9.17) is 4.74 Å². The van der Waals surface area contributed by atoms with Crippen LogP contribution in [0, 0.1) is 24.4 Å². The van der Waals surface area contributed by atoms with Gasteiger partial charge in [-0.3, -0.25) is 0 Å². The third kappa shape index (κ3) is 2.49. The Morgan fingerprint density at radius 2 is 1.90 bits per heavy atom. The second-order valence-corrected chi connectivity index (χ2v) is 5.05. The Balaban J connectivity index is 2.02. The number of halogens is 3. The van der Waals surface area contributed by atoms with Crippen molar-refractivity contribution in [3.63, 3.8) is 0 Å². The van der Waals surface area contributed by atoms with Crippen LogP contribution in [-0.2, 0) is 6.54 Å². The molecule has 0 aliphatic carbocycles. The molecule has 21 heavy (non-hydrogen) atoms. The van der Waals surface area contributed by atoms with Crippen LogP contribution in [0.4, 0.5) is 13.2 Å². The van der Waals surface area contributed by atoms with Gasteiger partial charge >= 0.3 is 0 Å². The summed E-state index contributed by atoms with van der Waals surface area (Å²) in [4.78, 5) is 0. The van der Waals surface area contributed by atoms with Gasteiger partial charge in [0.25, 0.3) is 0 Å². The summed E-state index contributed by atoms with van der Waals surface area (Å²) in [7, 11) is 0. The van der Waals surface area contributed by atoms with E-state index in [-0.39, 0.29) is 5.56 Å². The summed E-state index contributed by atoms with van der Waals surface area (Å²) in [6.45, 7) is 2.42. The van der Waals surface area contributed by atoms with Crippen LogP contribution in [0.3, 0.4) is 0 Å². The Morgan fingerprint density at radius 1 is 1.14 bits per heavy atom. The van der Waals surface area contributed by atoms with Gasteiger partial charge < -0.3 is 10.1 Å². The molecular formula is C16H14F3NO. The average molecular weight is 293 g/mol. The van der Waals surface area contributed by atoms with Crippen molar-refractivity contribution in [2.75, 3.05) is 6.54 Å². The lowest BCUT2D eigenvalue weighted by molar-refractivity contribution is 0.208. The first kappa shape index (κ1) is 13.9. The third-order valence-corrected chi connectivity index (χ3v) is 3.68. The summed E-state index contributed by atoms with van der Waals surface area (Å²) < 4.78 is 46.3. The summed E-state index contributed by atoms with van der Waals surface area (Å²) in [6.07, 6.45) is -0.571. The average Bonchev–Trinajstić information content (AvgIpc) is 2.71. The molecule has 0 saturated carbocycles. The van der Waals surface area contributed by atoms with Crippen molar-refractivity contribution in [3.8, 4) is 5.75 Å². The highest BCUT2D eigenvalue weighted by atomic mass is 19.2. The molecule has 0 bridgehead atoms. The zero-order valence-corrected chi connectivity index (χ0v) is 11.4. The van der Waals surface area contributed by atoms with Crippen LogP contribution in [0.25, 0.3) is 0 Å². The first-order valence-electron chi connectivity index (χ1n) is 6.67. The van der Waals surface area contributed by atoms with Gasteiger partial charge in [0.15, 0.2) is 17.5 Å². The van der Waals surface area contributed by atoms with E-state index in [1.54, 1.807) is 6.07 Å². The predicted molar refractivity (Wildman–Crippen MR) is 72.6 cm³/mol. The second kappa shape index (κ2) is 5.41. The van der Waals surface area contributed by atoms with E-state index in [1.807, 2.05) is 18.2 Å². The number of ether oxygens (including phenoxy) is 1. The molecule has 2 aromatic carbocycles. The molecule has 0 spiro atoms. The van der Waals surface area contributed by atoms with Crippen molar-refractivity contribution in [2.24, 2.45) is 0 Å². The number of hydrogen-bond donors (Lipinski definition) is 1. The Hall–Kier alpha value is -2.01. The number of hydrogen-bond acceptors (Lipinski definition) is 2. The fraction of sp³-hybridized carbons (Fsp3) is 0.250. The first-order valence-corrected chi connectivity index (χ1v) is 6.67. The molecule has 5 heteroatoms. The normalized spacial score (nSPS) is 17.8. The number of para-hydroxylation sites is 1. The zero-order valence-electron chi connectivity index (χ0n) is 11.4. The minimum atomic E-state index is -1.45. The van der Waals surface area contributed by atoms with Crippen LogP contribution in [0.2, 0.25) is 0 Å². The van der Waals surface area contributed by atoms with Gasteiger partial charge in [0, 0.05) is 24.2 Å². The lowest BCUT2D eigenvalue weighted by atomic mass is 10.0. The van der Waals surface area contributed by atoms with Crippen LogP contribution in [0.5, 0.6) is 5.75 Å². The van der Waals surface area contributed by atoms with E-state index >= 15 is 0 Å². The highest BCUT2D eigenvalue weighted by Gasteiger charge is 2.25. The van der Waals surface area contributed by atoms with Crippen LogP contribution in [0.15, 0.2) is 30.3 Å². The van der Waals surface area contributed by atoms with Crippen LogP contribution in [0.1, 0.15) is 22.8 Å². The third-order valence-electron chi connectivity index (χ3n) is 3.68. The molecule has 2 aromatic rings. The Labute approximate surface area is 120 Å². The summed E-state index contributed by atoms with van der Waals surface area (Å²) in [6, 6.07) is 8.46. The molecule has 110 valence electrons. The maximum absolute atomic E-state index is 13.7. The van der Waals surface area contributed by atoms with Crippen LogP contribution in [-0.4, -0.2) is 6.54 Å². The van der Waals surface area contributed by atoms with E-state index in [0.29, 0.717) is 24.4 Å². The van der Waals surface area contributed by atoms with E-state index in [0.717, 1.165) is 11.6 Å². The number of rotatable bonds is 1. The van der Waals surface area contributed by atoms with Gasteiger partial charge in [-0.2, -0.15) is 0 Å². The standard InChI is InChI=1S/C16H14F3NO/c1-9-11(6-12(17)16(19)15(9)18)14-8-20-7-10-4-2-3-5-13(10)21-14/h2-6,14,20H,7-8H2,1H3. The van der Waals surface area contributed by atoms with Crippen molar-refractivity contribution in [2.45, 2.75) is 19.6 Å². The monoisotopic (exact) mass is 293 g/mol. The molecule has 1 aliphatic heterocycles. The number of nitrogens with one attached hydrogen (secondary N) is 1. The van der Waals surface area contributed by atoms with Crippen molar-refractivity contribution in [1.29, 1.82) is 0 Å². The molecule has 1 atom stereocenters. The molecule has 0 saturated heterocycles. The summed E-state index contributed by atoms with van der Waals surface area (Å²) in [5.41, 5.74) is 1.36.